The normalized spacial score (nSPS) is 10.8. The van der Waals surface area contributed by atoms with Crippen LogP contribution in [-0.2, 0) is 4.79 Å². The maximum Gasteiger partial charge on any atom is 0.315 e. The first-order valence-corrected chi connectivity index (χ1v) is 4.83. The minimum Gasteiger partial charge on any atom is -0.321 e. The molecule has 0 atom stereocenters. The van der Waals surface area contributed by atoms with Crippen molar-refractivity contribution in [2.45, 2.75) is 6.43 Å². The SMILES string of the molecule is O=C(Nc1ccc2[nH]c(=O)c(=O)[nH]c2c1)C(F)F. The number of anilines is 1. The molecule has 2 rings (SSSR count). The van der Waals surface area contributed by atoms with Crippen LogP contribution in [0.3, 0.4) is 0 Å². The second-order valence-electron chi connectivity index (χ2n) is 3.46. The highest BCUT2D eigenvalue weighted by Gasteiger charge is 2.15. The van der Waals surface area contributed by atoms with E-state index in [0.29, 0.717) is 5.52 Å². The molecule has 94 valence electrons. The maximum atomic E-state index is 12.0. The first-order valence-electron chi connectivity index (χ1n) is 4.83. The van der Waals surface area contributed by atoms with Crippen LogP contribution in [0, 0.1) is 0 Å². The lowest BCUT2D eigenvalue weighted by Crippen LogP contribution is -2.29. The highest BCUT2D eigenvalue weighted by Crippen LogP contribution is 2.14. The van der Waals surface area contributed by atoms with Gasteiger partial charge in [-0.1, -0.05) is 0 Å². The fourth-order valence-corrected chi connectivity index (χ4v) is 1.39. The summed E-state index contributed by atoms with van der Waals surface area (Å²) in [5.41, 5.74) is -1.02. The molecule has 0 saturated heterocycles. The number of amides is 1. The smallest absolute Gasteiger partial charge is 0.315 e. The molecule has 0 unspecified atom stereocenters. The molecule has 1 heterocycles. The third kappa shape index (κ3) is 2.26. The van der Waals surface area contributed by atoms with Gasteiger partial charge in [-0.25, -0.2) is 0 Å². The van der Waals surface area contributed by atoms with Crippen molar-refractivity contribution in [2.24, 2.45) is 0 Å². The summed E-state index contributed by atoms with van der Waals surface area (Å²) in [5.74, 6) is -1.44. The summed E-state index contributed by atoms with van der Waals surface area (Å²) < 4.78 is 24.1. The van der Waals surface area contributed by atoms with Gasteiger partial charge in [-0.2, -0.15) is 8.78 Å². The van der Waals surface area contributed by atoms with Gasteiger partial charge in [0.05, 0.1) is 11.0 Å². The Bertz CT molecular complexity index is 720. The maximum absolute atomic E-state index is 12.0. The van der Waals surface area contributed by atoms with E-state index in [1.807, 2.05) is 5.32 Å². The number of hydrogen-bond donors (Lipinski definition) is 3. The van der Waals surface area contributed by atoms with Crippen LogP contribution in [0.2, 0.25) is 0 Å². The highest BCUT2D eigenvalue weighted by atomic mass is 19.3. The first-order chi connectivity index (χ1) is 8.47. The summed E-state index contributed by atoms with van der Waals surface area (Å²) >= 11 is 0. The van der Waals surface area contributed by atoms with Gasteiger partial charge < -0.3 is 15.3 Å². The summed E-state index contributed by atoms with van der Waals surface area (Å²) in [6.45, 7) is 0. The average Bonchev–Trinajstić information content (AvgIpc) is 2.31. The molecule has 0 bridgehead atoms. The lowest BCUT2D eigenvalue weighted by atomic mass is 10.2. The number of aromatic nitrogens is 2. The van der Waals surface area contributed by atoms with Crippen LogP contribution in [0.15, 0.2) is 27.8 Å². The zero-order valence-electron chi connectivity index (χ0n) is 8.79. The van der Waals surface area contributed by atoms with E-state index < -0.39 is 23.5 Å². The number of carbonyl (C=O) groups is 1. The van der Waals surface area contributed by atoms with Crippen molar-refractivity contribution in [3.63, 3.8) is 0 Å². The van der Waals surface area contributed by atoms with E-state index in [-0.39, 0.29) is 11.2 Å². The van der Waals surface area contributed by atoms with Crippen LogP contribution in [0.5, 0.6) is 0 Å². The van der Waals surface area contributed by atoms with E-state index in [1.165, 1.54) is 18.2 Å². The number of aromatic amines is 2. The predicted molar refractivity (Wildman–Crippen MR) is 59.8 cm³/mol. The Labute approximate surface area is 97.6 Å². The van der Waals surface area contributed by atoms with Crippen molar-refractivity contribution in [1.29, 1.82) is 0 Å². The summed E-state index contributed by atoms with van der Waals surface area (Å²) in [6, 6.07) is 3.98. The number of nitrogens with one attached hydrogen (secondary N) is 3. The molecule has 2 aromatic rings. The Hall–Kier alpha value is -2.51. The minimum atomic E-state index is -3.13. The third-order valence-corrected chi connectivity index (χ3v) is 2.19. The third-order valence-electron chi connectivity index (χ3n) is 2.19. The van der Waals surface area contributed by atoms with Gasteiger partial charge in [-0.05, 0) is 18.2 Å². The van der Waals surface area contributed by atoms with Crippen LogP contribution < -0.4 is 16.4 Å². The molecule has 0 spiro atoms. The highest BCUT2D eigenvalue weighted by molar-refractivity contribution is 5.94. The molecule has 1 aromatic heterocycles. The molecule has 1 aromatic carbocycles. The molecule has 6 nitrogen and oxygen atoms in total. The van der Waals surface area contributed by atoms with Crippen LogP contribution in [-0.4, -0.2) is 22.3 Å². The molecule has 0 radical (unpaired) electrons. The van der Waals surface area contributed by atoms with Gasteiger partial charge in [0.1, 0.15) is 0 Å². The van der Waals surface area contributed by atoms with E-state index in [2.05, 4.69) is 9.97 Å². The number of benzene rings is 1. The largest absolute Gasteiger partial charge is 0.321 e. The number of halogens is 2. The van der Waals surface area contributed by atoms with Gasteiger partial charge in [-0.3, -0.25) is 14.4 Å². The second-order valence-corrected chi connectivity index (χ2v) is 3.46. The van der Waals surface area contributed by atoms with Crippen molar-refractivity contribution < 1.29 is 13.6 Å². The van der Waals surface area contributed by atoms with Crippen LogP contribution in [0.1, 0.15) is 0 Å². The molecule has 0 fully saturated rings. The number of rotatable bonds is 2. The number of H-pyrrole nitrogens is 2. The predicted octanol–water partition coefficient (Wildman–Crippen LogP) is 0.420. The lowest BCUT2D eigenvalue weighted by Gasteiger charge is -2.05. The molecule has 0 saturated carbocycles. The van der Waals surface area contributed by atoms with Gasteiger partial charge in [0.25, 0.3) is 5.91 Å². The van der Waals surface area contributed by atoms with E-state index in [1.54, 1.807) is 0 Å². The van der Waals surface area contributed by atoms with Crippen molar-refractivity contribution in [1.82, 2.24) is 9.97 Å². The Morgan fingerprint density at radius 2 is 1.72 bits per heavy atom. The van der Waals surface area contributed by atoms with Crippen molar-refractivity contribution in [3.8, 4) is 0 Å². The first kappa shape index (κ1) is 12.0. The van der Waals surface area contributed by atoms with E-state index in [0.717, 1.165) is 0 Å². The Balaban J connectivity index is 2.44. The average molecular weight is 255 g/mol. The topological polar surface area (TPSA) is 94.8 Å². The zero-order chi connectivity index (χ0) is 13.3. The molecular formula is C10H7F2N3O3. The summed E-state index contributed by atoms with van der Waals surface area (Å²) in [5, 5.41) is 1.96. The van der Waals surface area contributed by atoms with Crippen LogP contribution >= 0.6 is 0 Å². The van der Waals surface area contributed by atoms with E-state index >= 15 is 0 Å². The number of alkyl halides is 2. The minimum absolute atomic E-state index is 0.0931. The Morgan fingerprint density at radius 1 is 1.11 bits per heavy atom. The molecule has 0 aliphatic rings. The molecule has 0 aliphatic heterocycles. The molecule has 8 heteroatoms. The summed E-state index contributed by atoms with van der Waals surface area (Å²) in [4.78, 5) is 37.4. The lowest BCUT2D eigenvalue weighted by molar-refractivity contribution is -0.126. The summed E-state index contributed by atoms with van der Waals surface area (Å²) in [7, 11) is 0. The van der Waals surface area contributed by atoms with Gasteiger partial charge in [0.2, 0.25) is 0 Å². The van der Waals surface area contributed by atoms with Gasteiger partial charge in [0.15, 0.2) is 0 Å². The molecular weight excluding hydrogens is 248 g/mol. The molecule has 18 heavy (non-hydrogen) atoms. The zero-order valence-corrected chi connectivity index (χ0v) is 8.79. The summed E-state index contributed by atoms with van der Waals surface area (Å²) in [6.07, 6.45) is -3.13. The molecule has 1 amide bonds. The van der Waals surface area contributed by atoms with E-state index in [9.17, 15) is 23.2 Å². The number of carbonyl (C=O) groups excluding carboxylic acids is 1. The second kappa shape index (κ2) is 4.40. The molecule has 3 N–H and O–H groups in total. The Kier molecular flexibility index (Phi) is 2.92. The molecule has 0 aliphatic carbocycles. The van der Waals surface area contributed by atoms with E-state index in [4.69, 9.17) is 0 Å². The van der Waals surface area contributed by atoms with Crippen LogP contribution in [0.4, 0.5) is 14.5 Å². The van der Waals surface area contributed by atoms with Crippen molar-refractivity contribution in [2.75, 3.05) is 5.32 Å². The Morgan fingerprint density at radius 3 is 2.33 bits per heavy atom. The van der Waals surface area contributed by atoms with Crippen LogP contribution in [0.25, 0.3) is 11.0 Å². The van der Waals surface area contributed by atoms with Gasteiger partial charge in [-0.15, -0.1) is 0 Å². The van der Waals surface area contributed by atoms with Gasteiger partial charge >= 0.3 is 17.5 Å². The number of hydrogen-bond acceptors (Lipinski definition) is 3. The quantitative estimate of drug-likeness (QED) is 0.679. The van der Waals surface area contributed by atoms with Gasteiger partial charge in [0, 0.05) is 5.69 Å². The standard InChI is InChI=1S/C10H7F2N3O3/c11-7(12)8(16)13-4-1-2-5-6(3-4)15-10(18)9(17)14-5/h1-3,7H,(H,13,16)(H,14,17)(H,15,18). The fourth-order valence-electron chi connectivity index (χ4n) is 1.39. The number of fused-ring (bicyclic) bond motifs is 1. The monoisotopic (exact) mass is 255 g/mol. The van der Waals surface area contributed by atoms with Crippen molar-refractivity contribution >= 4 is 22.6 Å². The van der Waals surface area contributed by atoms with Crippen molar-refractivity contribution in [3.05, 3.63) is 38.9 Å². The fraction of sp³-hybridized carbons (Fsp3) is 0.100.